The first-order valence-corrected chi connectivity index (χ1v) is 7.65. The van der Waals surface area contributed by atoms with Gasteiger partial charge < -0.3 is 14.5 Å². The summed E-state index contributed by atoms with van der Waals surface area (Å²) in [6.07, 6.45) is 2.66. The summed E-state index contributed by atoms with van der Waals surface area (Å²) >= 11 is 3.86. The zero-order chi connectivity index (χ0) is 12.6. The maximum absolute atomic E-state index is 9.55. The van der Waals surface area contributed by atoms with Crippen molar-refractivity contribution in [2.24, 2.45) is 0 Å². The largest absolute Gasteiger partial charge is 0.508 e. The third kappa shape index (κ3) is 2.12. The summed E-state index contributed by atoms with van der Waals surface area (Å²) in [7, 11) is 0. The number of alkyl halides is 1. The number of rotatable bonds is 1. The Morgan fingerprint density at radius 2 is 2.00 bits per heavy atom. The SMILES string of the molecule is Oc1cccc(N2CC[N+]3(CCCC3Br)CC2)c1. The van der Waals surface area contributed by atoms with Crippen molar-refractivity contribution < 1.29 is 9.59 Å². The zero-order valence-electron chi connectivity index (χ0n) is 10.6. The molecular formula is C14H20BrN2O+. The van der Waals surface area contributed by atoms with Gasteiger partial charge in [-0.1, -0.05) is 6.07 Å². The summed E-state index contributed by atoms with van der Waals surface area (Å²) in [5, 5.41) is 9.55. The predicted octanol–water partition coefficient (Wildman–Crippen LogP) is 2.54. The van der Waals surface area contributed by atoms with Crippen molar-refractivity contribution in [3.05, 3.63) is 24.3 Å². The Kier molecular flexibility index (Phi) is 3.24. The van der Waals surface area contributed by atoms with E-state index in [4.69, 9.17) is 0 Å². The highest BCUT2D eigenvalue weighted by atomic mass is 79.9. The molecule has 98 valence electrons. The van der Waals surface area contributed by atoms with Crippen molar-refractivity contribution in [3.8, 4) is 5.75 Å². The molecule has 1 aromatic carbocycles. The second kappa shape index (κ2) is 4.74. The summed E-state index contributed by atoms with van der Waals surface area (Å²) in [6.45, 7) is 5.93. The van der Waals surface area contributed by atoms with Crippen LogP contribution >= 0.6 is 15.9 Å². The van der Waals surface area contributed by atoms with Gasteiger partial charge >= 0.3 is 0 Å². The minimum absolute atomic E-state index is 0.363. The number of piperazine rings is 1. The fourth-order valence-electron chi connectivity index (χ4n) is 3.30. The van der Waals surface area contributed by atoms with Gasteiger partial charge in [0.05, 0.1) is 32.7 Å². The third-order valence-corrected chi connectivity index (χ3v) is 5.79. The van der Waals surface area contributed by atoms with Gasteiger partial charge in [-0.2, -0.15) is 0 Å². The monoisotopic (exact) mass is 311 g/mol. The highest BCUT2D eigenvalue weighted by molar-refractivity contribution is 9.09. The van der Waals surface area contributed by atoms with Crippen LogP contribution in [0.25, 0.3) is 0 Å². The van der Waals surface area contributed by atoms with Crippen LogP contribution in [0.5, 0.6) is 5.75 Å². The average molecular weight is 312 g/mol. The molecule has 2 aliphatic heterocycles. The molecule has 1 N–H and O–H groups in total. The lowest BCUT2D eigenvalue weighted by molar-refractivity contribution is -0.925. The minimum atomic E-state index is 0.363. The van der Waals surface area contributed by atoms with E-state index in [2.05, 4.69) is 26.9 Å². The summed E-state index contributed by atoms with van der Waals surface area (Å²) in [4.78, 5) is 3.05. The van der Waals surface area contributed by atoms with E-state index >= 15 is 0 Å². The molecule has 2 heterocycles. The standard InChI is InChI=1S/C14H19BrN2O/c15-14-5-2-8-17(14)9-6-16(7-10-17)12-3-1-4-13(18)11-12/h1,3-4,11,14H,2,5-10H2/p+1. The van der Waals surface area contributed by atoms with Crippen molar-refractivity contribution in [3.63, 3.8) is 0 Å². The summed E-state index contributed by atoms with van der Waals surface area (Å²) < 4.78 is 1.25. The summed E-state index contributed by atoms with van der Waals surface area (Å²) in [5.41, 5.74) is 1.15. The van der Waals surface area contributed by atoms with Crippen LogP contribution in [0.4, 0.5) is 5.69 Å². The number of nitrogens with zero attached hydrogens (tertiary/aromatic N) is 2. The Morgan fingerprint density at radius 1 is 1.22 bits per heavy atom. The molecule has 3 nitrogen and oxygen atoms in total. The molecule has 0 aliphatic carbocycles. The highest BCUT2D eigenvalue weighted by Gasteiger charge is 2.42. The molecule has 1 unspecified atom stereocenters. The lowest BCUT2D eigenvalue weighted by Crippen LogP contribution is -2.60. The van der Waals surface area contributed by atoms with E-state index in [0.717, 1.165) is 18.8 Å². The quantitative estimate of drug-likeness (QED) is 0.489. The predicted molar refractivity (Wildman–Crippen MR) is 77.1 cm³/mol. The van der Waals surface area contributed by atoms with Crippen LogP contribution in [0, 0.1) is 0 Å². The van der Waals surface area contributed by atoms with Crippen molar-refractivity contribution >= 4 is 21.6 Å². The highest BCUT2D eigenvalue weighted by Crippen LogP contribution is 2.33. The van der Waals surface area contributed by atoms with Gasteiger partial charge in [0, 0.05) is 24.6 Å². The maximum Gasteiger partial charge on any atom is 0.144 e. The molecule has 2 fully saturated rings. The van der Waals surface area contributed by atoms with Crippen molar-refractivity contribution in [1.82, 2.24) is 0 Å². The van der Waals surface area contributed by atoms with Crippen LogP contribution in [-0.2, 0) is 0 Å². The second-order valence-electron chi connectivity index (χ2n) is 5.47. The molecule has 1 aromatic rings. The fourth-order valence-corrected chi connectivity index (χ4v) is 4.24. The first kappa shape index (κ1) is 12.3. The number of hydrogen-bond donors (Lipinski definition) is 1. The van der Waals surface area contributed by atoms with Crippen molar-refractivity contribution in [2.45, 2.75) is 17.8 Å². The number of hydrogen-bond acceptors (Lipinski definition) is 2. The Morgan fingerprint density at radius 3 is 2.61 bits per heavy atom. The summed E-state index contributed by atoms with van der Waals surface area (Å²) in [6, 6.07) is 7.61. The van der Waals surface area contributed by atoms with Crippen LogP contribution in [0.1, 0.15) is 12.8 Å². The van der Waals surface area contributed by atoms with Gasteiger partial charge in [-0.05, 0) is 28.1 Å². The van der Waals surface area contributed by atoms with Crippen LogP contribution < -0.4 is 4.90 Å². The van der Waals surface area contributed by atoms with Crippen LogP contribution in [0.15, 0.2) is 24.3 Å². The minimum Gasteiger partial charge on any atom is -0.508 e. The molecule has 2 saturated heterocycles. The van der Waals surface area contributed by atoms with E-state index in [1.165, 1.54) is 37.0 Å². The normalized spacial score (nSPS) is 26.7. The number of phenolic OH excluding ortho intramolecular Hbond substituents is 1. The van der Waals surface area contributed by atoms with E-state index in [9.17, 15) is 5.11 Å². The average Bonchev–Trinajstić information content (AvgIpc) is 2.72. The van der Waals surface area contributed by atoms with E-state index in [1.54, 1.807) is 6.07 Å². The Hall–Kier alpha value is -0.740. The number of quaternary nitrogens is 1. The molecule has 18 heavy (non-hydrogen) atoms. The molecule has 1 spiro atoms. The Bertz CT molecular complexity index is 430. The van der Waals surface area contributed by atoms with Gasteiger partial charge in [0.1, 0.15) is 10.7 Å². The molecule has 0 aromatic heterocycles. The van der Waals surface area contributed by atoms with Gasteiger partial charge in [0.25, 0.3) is 0 Å². The van der Waals surface area contributed by atoms with Gasteiger partial charge in [0.15, 0.2) is 0 Å². The number of anilines is 1. The lowest BCUT2D eigenvalue weighted by atomic mass is 10.2. The molecule has 3 rings (SSSR count). The summed E-state index contributed by atoms with van der Waals surface area (Å²) in [5.74, 6) is 0.363. The van der Waals surface area contributed by atoms with E-state index in [-0.39, 0.29) is 0 Å². The molecule has 0 saturated carbocycles. The molecule has 0 bridgehead atoms. The van der Waals surface area contributed by atoms with Crippen molar-refractivity contribution in [1.29, 1.82) is 0 Å². The lowest BCUT2D eigenvalue weighted by Gasteiger charge is -2.45. The second-order valence-corrected chi connectivity index (χ2v) is 6.53. The molecule has 4 heteroatoms. The van der Waals surface area contributed by atoms with Crippen molar-refractivity contribution in [2.75, 3.05) is 37.6 Å². The zero-order valence-corrected chi connectivity index (χ0v) is 12.1. The Balaban J connectivity index is 1.70. The molecule has 1 atom stereocenters. The number of phenols is 1. The molecule has 0 amide bonds. The number of halogens is 1. The fraction of sp³-hybridized carbons (Fsp3) is 0.571. The van der Waals surface area contributed by atoms with E-state index in [1.807, 2.05) is 12.1 Å². The van der Waals surface area contributed by atoms with E-state index < -0.39 is 0 Å². The topological polar surface area (TPSA) is 23.5 Å². The first-order valence-electron chi connectivity index (χ1n) is 6.73. The number of benzene rings is 1. The molecular weight excluding hydrogens is 292 g/mol. The smallest absolute Gasteiger partial charge is 0.144 e. The third-order valence-electron chi connectivity index (χ3n) is 4.47. The number of aromatic hydroxyl groups is 1. The van der Waals surface area contributed by atoms with Gasteiger partial charge in [-0.3, -0.25) is 0 Å². The molecule has 2 aliphatic rings. The molecule has 0 radical (unpaired) electrons. The van der Waals surface area contributed by atoms with Gasteiger partial charge in [-0.25, -0.2) is 0 Å². The van der Waals surface area contributed by atoms with Crippen LogP contribution in [0.2, 0.25) is 0 Å². The van der Waals surface area contributed by atoms with Crippen LogP contribution in [0.3, 0.4) is 0 Å². The maximum atomic E-state index is 9.55. The van der Waals surface area contributed by atoms with Gasteiger partial charge in [0.2, 0.25) is 0 Å². The first-order chi connectivity index (χ1) is 8.70. The van der Waals surface area contributed by atoms with Crippen LogP contribution in [-0.4, -0.2) is 47.3 Å². The Labute approximate surface area is 117 Å². The van der Waals surface area contributed by atoms with Gasteiger partial charge in [-0.15, -0.1) is 0 Å². The van der Waals surface area contributed by atoms with E-state index in [0.29, 0.717) is 10.7 Å².